The third-order valence-electron chi connectivity index (χ3n) is 1.89. The summed E-state index contributed by atoms with van der Waals surface area (Å²) in [5.74, 6) is 1.21. The summed E-state index contributed by atoms with van der Waals surface area (Å²) < 4.78 is 5.20. The van der Waals surface area contributed by atoms with Crippen LogP contribution in [-0.4, -0.2) is 0 Å². The van der Waals surface area contributed by atoms with Crippen LogP contribution in [0.4, 0.5) is 5.88 Å². The fraction of sp³-hybridized carbons (Fsp3) is 0. The summed E-state index contributed by atoms with van der Waals surface area (Å²) in [6.45, 7) is 0. The van der Waals surface area contributed by atoms with Gasteiger partial charge in [0, 0.05) is 6.07 Å². The predicted molar refractivity (Wildman–Crippen MR) is 58.5 cm³/mol. The van der Waals surface area contributed by atoms with Crippen molar-refractivity contribution < 1.29 is 4.42 Å². The van der Waals surface area contributed by atoms with Gasteiger partial charge in [-0.3, -0.25) is 0 Å². The minimum Gasteiger partial charge on any atom is -0.442 e. The van der Waals surface area contributed by atoms with Gasteiger partial charge in [-0.2, -0.15) is 0 Å². The maximum atomic E-state index is 5.45. The van der Waals surface area contributed by atoms with Crippen molar-refractivity contribution in [1.29, 1.82) is 0 Å². The Hall–Kier alpha value is -1.96. The lowest BCUT2D eigenvalue weighted by Gasteiger charge is -1.89. The number of furan rings is 1. The van der Waals surface area contributed by atoms with E-state index >= 15 is 0 Å². The molecule has 0 fully saturated rings. The van der Waals surface area contributed by atoms with E-state index in [4.69, 9.17) is 10.2 Å². The van der Waals surface area contributed by atoms with Crippen LogP contribution in [0.1, 0.15) is 11.3 Å². The molecule has 70 valence electrons. The van der Waals surface area contributed by atoms with E-state index in [9.17, 15) is 0 Å². The Labute approximate surface area is 82.7 Å². The first-order valence-corrected chi connectivity index (χ1v) is 4.43. The van der Waals surface area contributed by atoms with E-state index in [0.717, 1.165) is 11.3 Å². The summed E-state index contributed by atoms with van der Waals surface area (Å²) in [6, 6.07) is 13.6. The average molecular weight is 185 g/mol. The van der Waals surface area contributed by atoms with Gasteiger partial charge < -0.3 is 10.2 Å². The minimum atomic E-state index is 0.442. The fourth-order valence-corrected chi connectivity index (χ4v) is 1.20. The lowest BCUT2D eigenvalue weighted by Crippen LogP contribution is -1.75. The van der Waals surface area contributed by atoms with Crippen molar-refractivity contribution in [3.8, 4) is 0 Å². The van der Waals surface area contributed by atoms with Crippen LogP contribution in [0.5, 0.6) is 0 Å². The first kappa shape index (κ1) is 8.63. The lowest BCUT2D eigenvalue weighted by atomic mass is 10.2. The summed E-state index contributed by atoms with van der Waals surface area (Å²) in [5.41, 5.74) is 6.59. The zero-order valence-electron chi connectivity index (χ0n) is 7.68. The molecule has 0 unspecified atom stereocenters. The van der Waals surface area contributed by atoms with E-state index < -0.39 is 0 Å². The third-order valence-corrected chi connectivity index (χ3v) is 1.89. The van der Waals surface area contributed by atoms with Crippen molar-refractivity contribution in [2.75, 3.05) is 5.73 Å². The first-order valence-electron chi connectivity index (χ1n) is 4.43. The molecule has 1 heterocycles. The summed E-state index contributed by atoms with van der Waals surface area (Å²) in [6.07, 6.45) is 3.88. The quantitative estimate of drug-likeness (QED) is 0.781. The van der Waals surface area contributed by atoms with Crippen LogP contribution >= 0.6 is 0 Å². The topological polar surface area (TPSA) is 39.2 Å². The van der Waals surface area contributed by atoms with Crippen molar-refractivity contribution >= 4 is 18.0 Å². The highest BCUT2D eigenvalue weighted by molar-refractivity contribution is 5.67. The predicted octanol–water partition coefficient (Wildman–Crippen LogP) is 3.03. The Morgan fingerprint density at radius 1 is 0.929 bits per heavy atom. The fourth-order valence-electron chi connectivity index (χ4n) is 1.20. The summed E-state index contributed by atoms with van der Waals surface area (Å²) in [4.78, 5) is 0. The maximum Gasteiger partial charge on any atom is 0.190 e. The zero-order valence-corrected chi connectivity index (χ0v) is 7.68. The highest BCUT2D eigenvalue weighted by Crippen LogP contribution is 2.12. The highest BCUT2D eigenvalue weighted by Gasteiger charge is 1.92. The number of benzene rings is 1. The number of rotatable bonds is 2. The van der Waals surface area contributed by atoms with Crippen LogP contribution in [-0.2, 0) is 0 Å². The smallest absolute Gasteiger partial charge is 0.190 e. The van der Waals surface area contributed by atoms with Crippen LogP contribution < -0.4 is 5.73 Å². The highest BCUT2D eigenvalue weighted by atomic mass is 16.3. The standard InChI is InChI=1S/C12H11NO/c13-12-9-8-11(14-12)7-6-10-4-2-1-3-5-10/h1-9H,13H2/b7-6+. The van der Waals surface area contributed by atoms with Gasteiger partial charge in [-0.05, 0) is 17.7 Å². The van der Waals surface area contributed by atoms with Gasteiger partial charge in [0.1, 0.15) is 5.76 Å². The Morgan fingerprint density at radius 3 is 2.36 bits per heavy atom. The first-order chi connectivity index (χ1) is 6.84. The Bertz CT molecular complexity index is 429. The second-order valence-corrected chi connectivity index (χ2v) is 2.98. The molecule has 2 rings (SSSR count). The summed E-state index contributed by atoms with van der Waals surface area (Å²) in [7, 11) is 0. The molecular weight excluding hydrogens is 174 g/mol. The van der Waals surface area contributed by atoms with Gasteiger partial charge in [-0.25, -0.2) is 0 Å². The van der Waals surface area contributed by atoms with E-state index in [1.165, 1.54) is 0 Å². The molecule has 2 aromatic rings. The molecule has 0 saturated heterocycles. The monoisotopic (exact) mass is 185 g/mol. The molecule has 2 nitrogen and oxygen atoms in total. The minimum absolute atomic E-state index is 0.442. The molecule has 2 heteroatoms. The summed E-state index contributed by atoms with van der Waals surface area (Å²) >= 11 is 0. The second-order valence-electron chi connectivity index (χ2n) is 2.98. The van der Waals surface area contributed by atoms with Gasteiger partial charge in [0.25, 0.3) is 0 Å². The van der Waals surface area contributed by atoms with Gasteiger partial charge in [0.2, 0.25) is 0 Å². The molecule has 2 N–H and O–H groups in total. The van der Waals surface area contributed by atoms with Gasteiger partial charge >= 0.3 is 0 Å². The molecule has 0 saturated carbocycles. The molecule has 0 radical (unpaired) electrons. The van der Waals surface area contributed by atoms with E-state index in [0.29, 0.717) is 5.88 Å². The Morgan fingerprint density at radius 2 is 1.71 bits per heavy atom. The molecule has 0 aliphatic rings. The van der Waals surface area contributed by atoms with Crippen molar-refractivity contribution in [2.45, 2.75) is 0 Å². The number of nitrogens with two attached hydrogens (primary N) is 1. The largest absolute Gasteiger partial charge is 0.442 e. The van der Waals surface area contributed by atoms with Crippen LogP contribution in [0.15, 0.2) is 46.9 Å². The third kappa shape index (κ3) is 2.04. The SMILES string of the molecule is Nc1ccc(/C=C/c2ccccc2)o1. The molecular formula is C12H11NO. The number of hydrogen-bond acceptors (Lipinski definition) is 2. The van der Waals surface area contributed by atoms with E-state index in [-0.39, 0.29) is 0 Å². The second kappa shape index (κ2) is 3.83. The summed E-state index contributed by atoms with van der Waals surface area (Å²) in [5, 5.41) is 0. The maximum absolute atomic E-state index is 5.45. The van der Waals surface area contributed by atoms with E-state index in [2.05, 4.69) is 0 Å². The molecule has 0 aliphatic heterocycles. The van der Waals surface area contributed by atoms with E-state index in [1.54, 1.807) is 6.07 Å². The molecule has 0 atom stereocenters. The number of hydrogen-bond donors (Lipinski definition) is 1. The van der Waals surface area contributed by atoms with Crippen molar-refractivity contribution in [3.05, 3.63) is 53.8 Å². The molecule has 0 amide bonds. The van der Waals surface area contributed by atoms with Crippen LogP contribution in [0.2, 0.25) is 0 Å². The zero-order chi connectivity index (χ0) is 9.80. The van der Waals surface area contributed by atoms with Gasteiger partial charge in [0.05, 0.1) is 0 Å². The number of nitrogen functional groups attached to an aromatic ring is 1. The molecule has 0 spiro atoms. The normalized spacial score (nSPS) is 10.9. The molecule has 1 aromatic carbocycles. The van der Waals surface area contributed by atoms with Gasteiger partial charge in [0.15, 0.2) is 5.88 Å². The Balaban J connectivity index is 2.15. The van der Waals surface area contributed by atoms with Crippen LogP contribution in [0.25, 0.3) is 12.2 Å². The van der Waals surface area contributed by atoms with Crippen molar-refractivity contribution in [1.82, 2.24) is 0 Å². The van der Waals surface area contributed by atoms with Gasteiger partial charge in [-0.1, -0.05) is 36.4 Å². The van der Waals surface area contributed by atoms with Crippen LogP contribution in [0.3, 0.4) is 0 Å². The number of anilines is 1. The molecule has 0 bridgehead atoms. The molecule has 0 aliphatic carbocycles. The van der Waals surface area contributed by atoms with Gasteiger partial charge in [-0.15, -0.1) is 0 Å². The molecule has 1 aromatic heterocycles. The Kier molecular flexibility index (Phi) is 2.36. The van der Waals surface area contributed by atoms with Crippen molar-refractivity contribution in [3.63, 3.8) is 0 Å². The van der Waals surface area contributed by atoms with E-state index in [1.807, 2.05) is 48.6 Å². The van der Waals surface area contributed by atoms with Crippen molar-refractivity contribution in [2.24, 2.45) is 0 Å². The molecule has 14 heavy (non-hydrogen) atoms. The van der Waals surface area contributed by atoms with Crippen LogP contribution in [0, 0.1) is 0 Å². The average Bonchev–Trinajstić information content (AvgIpc) is 2.63. The lowest BCUT2D eigenvalue weighted by molar-refractivity contribution is 0.577.